The fourth-order valence-corrected chi connectivity index (χ4v) is 3.95. The minimum Gasteiger partial charge on any atom is -0.497 e. The average Bonchev–Trinajstić information content (AvgIpc) is 3.23. The van der Waals surface area contributed by atoms with E-state index in [2.05, 4.69) is 0 Å². The first kappa shape index (κ1) is 21.2. The predicted octanol–water partition coefficient (Wildman–Crippen LogP) is 6.86. The lowest BCUT2D eigenvalue weighted by molar-refractivity contribution is 0.112. The number of hydrogen-bond acceptors (Lipinski definition) is 4. The molecule has 0 aliphatic carbocycles. The number of hydrogen-bond donors (Lipinski definition) is 0. The Morgan fingerprint density at radius 3 is 1.97 bits per heavy atom. The quantitative estimate of drug-likeness (QED) is 0.261. The van der Waals surface area contributed by atoms with E-state index in [-0.39, 0.29) is 0 Å². The van der Waals surface area contributed by atoms with E-state index < -0.39 is 0 Å². The third-order valence-corrected chi connectivity index (χ3v) is 5.89. The van der Waals surface area contributed by atoms with Gasteiger partial charge in [0.1, 0.15) is 11.4 Å². The van der Waals surface area contributed by atoms with Crippen LogP contribution in [0.5, 0.6) is 5.75 Å². The smallest absolute Gasteiger partial charge is 0.167 e. The summed E-state index contributed by atoms with van der Waals surface area (Å²) in [6.45, 7) is 0. The zero-order chi connectivity index (χ0) is 22.9. The molecule has 0 fully saturated rings. The highest BCUT2D eigenvalue weighted by atomic mass is 35.5. The van der Waals surface area contributed by atoms with Crippen molar-refractivity contribution in [3.63, 3.8) is 0 Å². The maximum Gasteiger partial charge on any atom is 0.167 e. The molecule has 5 nitrogen and oxygen atoms in total. The van der Waals surface area contributed by atoms with Crippen LogP contribution in [0.25, 0.3) is 39.4 Å². The Morgan fingerprint density at radius 1 is 0.818 bits per heavy atom. The maximum atomic E-state index is 12.2. The van der Waals surface area contributed by atoms with Crippen LogP contribution < -0.4 is 4.74 Å². The molecule has 0 unspecified atom stereocenters. The van der Waals surface area contributed by atoms with E-state index in [0.29, 0.717) is 32.6 Å². The Morgan fingerprint density at radius 2 is 1.39 bits per heavy atom. The van der Waals surface area contributed by atoms with Crippen molar-refractivity contribution >= 4 is 35.1 Å². The van der Waals surface area contributed by atoms with Crippen LogP contribution in [0, 0.1) is 0 Å². The van der Waals surface area contributed by atoms with Crippen molar-refractivity contribution < 1.29 is 9.53 Å². The monoisotopic (exact) mass is 473 g/mol. The molecule has 7 heteroatoms. The molecule has 2 heterocycles. The second-order valence-electron chi connectivity index (χ2n) is 7.38. The second-order valence-corrected chi connectivity index (χ2v) is 8.26. The third-order valence-electron chi connectivity index (χ3n) is 5.39. The van der Waals surface area contributed by atoms with Crippen LogP contribution in [0.2, 0.25) is 10.0 Å². The molecular weight excluding hydrogens is 457 g/mol. The molecule has 5 aromatic rings. The lowest BCUT2D eigenvalue weighted by Gasteiger charge is -2.09. The van der Waals surface area contributed by atoms with Gasteiger partial charge in [0, 0.05) is 26.7 Å². The summed E-state index contributed by atoms with van der Waals surface area (Å²) in [6, 6.07) is 24.2. The molecule has 0 N–H and O–H groups in total. The molecule has 0 aliphatic rings. The van der Waals surface area contributed by atoms with Gasteiger partial charge in [-0.05, 0) is 54.6 Å². The van der Waals surface area contributed by atoms with Crippen molar-refractivity contribution in [3.05, 3.63) is 94.5 Å². The van der Waals surface area contributed by atoms with Crippen molar-refractivity contribution in [2.75, 3.05) is 7.11 Å². The van der Waals surface area contributed by atoms with Gasteiger partial charge < -0.3 is 4.74 Å². The number of benzene rings is 3. The van der Waals surface area contributed by atoms with E-state index in [1.165, 1.54) is 0 Å². The van der Waals surface area contributed by atoms with Gasteiger partial charge in [-0.2, -0.15) is 5.10 Å². The van der Waals surface area contributed by atoms with Gasteiger partial charge in [0.25, 0.3) is 0 Å². The molecule has 0 atom stereocenters. The molecule has 2 aromatic heterocycles. The second kappa shape index (κ2) is 8.70. The van der Waals surface area contributed by atoms with Crippen molar-refractivity contribution in [1.82, 2.24) is 14.6 Å². The minimum absolute atomic E-state index is 0.405. The summed E-state index contributed by atoms with van der Waals surface area (Å²) in [5.41, 5.74) is 5.46. The summed E-state index contributed by atoms with van der Waals surface area (Å²) in [5.74, 6) is 0.751. The number of rotatable bonds is 5. The fourth-order valence-electron chi connectivity index (χ4n) is 3.70. The Bertz CT molecular complexity index is 1460. The van der Waals surface area contributed by atoms with Crippen LogP contribution in [-0.4, -0.2) is 28.0 Å². The van der Waals surface area contributed by atoms with Gasteiger partial charge in [0.15, 0.2) is 11.9 Å². The maximum absolute atomic E-state index is 12.2. The first-order valence-electron chi connectivity index (χ1n) is 10.1. The van der Waals surface area contributed by atoms with Crippen LogP contribution in [0.1, 0.15) is 10.4 Å². The molecule has 0 radical (unpaired) electrons. The summed E-state index contributed by atoms with van der Waals surface area (Å²) < 4.78 is 6.97. The molecule has 0 bridgehead atoms. The summed E-state index contributed by atoms with van der Waals surface area (Å²) in [6.07, 6.45) is 0.794. The van der Waals surface area contributed by atoms with E-state index in [1.54, 1.807) is 23.8 Å². The SMILES string of the molecule is COc1ccc(-c2cc(-c3ccc(Cl)cc3)n3nc(-c4ccc(Cl)cc4)c(C=O)c3n2)cc1. The van der Waals surface area contributed by atoms with Gasteiger partial charge in [-0.15, -0.1) is 0 Å². The molecule has 0 spiro atoms. The van der Waals surface area contributed by atoms with Crippen LogP contribution in [0.3, 0.4) is 0 Å². The Kier molecular flexibility index (Phi) is 5.58. The van der Waals surface area contributed by atoms with Crippen molar-refractivity contribution in [1.29, 1.82) is 0 Å². The molecule has 0 saturated heterocycles. The number of ether oxygens (including phenoxy) is 1. The van der Waals surface area contributed by atoms with Crippen LogP contribution >= 0.6 is 23.2 Å². The molecule has 3 aromatic carbocycles. The van der Waals surface area contributed by atoms with Crippen molar-refractivity contribution in [2.45, 2.75) is 0 Å². The standard InChI is InChI=1S/C26H17Cl2N3O2/c1-33-21-12-6-16(7-13-21)23-14-24(17-2-8-19(27)9-3-17)31-26(29-23)22(15-32)25(30-31)18-4-10-20(28)11-5-18/h2-15H,1H3. The Balaban J connectivity index is 1.80. The molecule has 5 rings (SSSR count). The normalized spacial score (nSPS) is 11.0. The number of methoxy groups -OCH3 is 1. The number of carbonyl (C=O) groups is 1. The van der Waals surface area contributed by atoms with E-state index in [0.717, 1.165) is 34.4 Å². The highest BCUT2D eigenvalue weighted by Gasteiger charge is 2.20. The number of nitrogens with zero attached hydrogens (tertiary/aromatic N) is 3. The van der Waals surface area contributed by atoms with Gasteiger partial charge in [-0.3, -0.25) is 4.79 Å². The van der Waals surface area contributed by atoms with E-state index in [1.807, 2.05) is 66.7 Å². The zero-order valence-corrected chi connectivity index (χ0v) is 19.0. The molecule has 0 amide bonds. The zero-order valence-electron chi connectivity index (χ0n) is 17.5. The lowest BCUT2D eigenvalue weighted by Crippen LogP contribution is -1.99. The fraction of sp³-hybridized carbons (Fsp3) is 0.0385. The van der Waals surface area contributed by atoms with Gasteiger partial charge >= 0.3 is 0 Å². The van der Waals surface area contributed by atoms with Gasteiger partial charge in [-0.25, -0.2) is 9.50 Å². The number of halogens is 2. The van der Waals surface area contributed by atoms with E-state index >= 15 is 0 Å². The van der Waals surface area contributed by atoms with Gasteiger partial charge in [0.05, 0.1) is 24.1 Å². The van der Waals surface area contributed by atoms with E-state index in [4.69, 9.17) is 38.0 Å². The molecular formula is C26H17Cl2N3O2. The summed E-state index contributed by atoms with van der Waals surface area (Å²) in [4.78, 5) is 17.0. The highest BCUT2D eigenvalue weighted by molar-refractivity contribution is 6.31. The predicted molar refractivity (Wildman–Crippen MR) is 131 cm³/mol. The first-order valence-corrected chi connectivity index (χ1v) is 10.9. The van der Waals surface area contributed by atoms with E-state index in [9.17, 15) is 4.79 Å². The highest BCUT2D eigenvalue weighted by Crippen LogP contribution is 2.32. The summed E-state index contributed by atoms with van der Waals surface area (Å²) >= 11 is 12.2. The Labute approximate surface area is 200 Å². The van der Waals surface area contributed by atoms with Crippen molar-refractivity contribution in [2.24, 2.45) is 0 Å². The molecule has 0 saturated carbocycles. The first-order chi connectivity index (χ1) is 16.1. The van der Waals surface area contributed by atoms with Gasteiger partial charge in [-0.1, -0.05) is 47.5 Å². The minimum atomic E-state index is 0.405. The van der Waals surface area contributed by atoms with Crippen molar-refractivity contribution in [3.8, 4) is 39.5 Å². The number of fused-ring (bicyclic) bond motifs is 1. The van der Waals surface area contributed by atoms with Crippen LogP contribution in [0.15, 0.2) is 78.9 Å². The average molecular weight is 474 g/mol. The third kappa shape index (κ3) is 3.97. The molecule has 33 heavy (non-hydrogen) atoms. The molecule has 162 valence electrons. The summed E-state index contributed by atoms with van der Waals surface area (Å²) in [7, 11) is 1.62. The van der Waals surface area contributed by atoms with Gasteiger partial charge in [0.2, 0.25) is 0 Å². The molecule has 0 aliphatic heterocycles. The van der Waals surface area contributed by atoms with Crippen LogP contribution in [0.4, 0.5) is 0 Å². The summed E-state index contributed by atoms with van der Waals surface area (Å²) in [5, 5.41) is 6.01. The number of aromatic nitrogens is 3. The Hall–Kier alpha value is -3.67. The van der Waals surface area contributed by atoms with Crippen LogP contribution in [-0.2, 0) is 0 Å². The largest absolute Gasteiger partial charge is 0.497 e. The topological polar surface area (TPSA) is 56.5 Å². The number of carbonyl (C=O) groups excluding carboxylic acids is 1. The number of aldehydes is 1. The lowest BCUT2D eigenvalue weighted by atomic mass is 10.1.